The maximum absolute atomic E-state index is 12.7. The Bertz CT molecular complexity index is 723. The highest BCUT2D eigenvalue weighted by Gasteiger charge is 2.27. The summed E-state index contributed by atoms with van der Waals surface area (Å²) in [6, 6.07) is 7.04. The number of aliphatic hydroxyl groups is 1. The van der Waals surface area contributed by atoms with Crippen LogP contribution in [0.15, 0.2) is 34.5 Å². The smallest absolute Gasteiger partial charge is 0.244 e. The summed E-state index contributed by atoms with van der Waals surface area (Å²) in [5.41, 5.74) is 1.51. The van der Waals surface area contributed by atoms with Gasteiger partial charge in [0.15, 0.2) is 0 Å². The molecule has 0 bridgehead atoms. The Hall–Kier alpha value is -0.920. The summed E-state index contributed by atoms with van der Waals surface area (Å²) >= 11 is 7.08. The van der Waals surface area contributed by atoms with Crippen molar-refractivity contribution in [2.45, 2.75) is 25.0 Å². The van der Waals surface area contributed by atoms with Gasteiger partial charge in [0, 0.05) is 18.6 Å². The van der Waals surface area contributed by atoms with Crippen LogP contribution < -0.4 is 0 Å². The number of thiophene rings is 1. The first kappa shape index (κ1) is 16.5. The molecule has 114 valence electrons. The monoisotopic (exact) mass is 345 g/mol. The largest absolute Gasteiger partial charge is 0.391 e. The summed E-state index contributed by atoms with van der Waals surface area (Å²) < 4.78 is 26.6. The fourth-order valence-electron chi connectivity index (χ4n) is 2.03. The Balaban J connectivity index is 2.30. The molecule has 0 radical (unpaired) electrons. The third-order valence-electron chi connectivity index (χ3n) is 3.12. The van der Waals surface area contributed by atoms with Crippen LogP contribution in [0.25, 0.3) is 0 Å². The van der Waals surface area contributed by atoms with E-state index in [2.05, 4.69) is 0 Å². The predicted molar refractivity (Wildman–Crippen MR) is 85.1 cm³/mol. The van der Waals surface area contributed by atoms with Gasteiger partial charge in [0.05, 0.1) is 11.5 Å². The lowest BCUT2D eigenvalue weighted by Gasteiger charge is -2.18. The maximum atomic E-state index is 12.7. The average Bonchev–Trinajstić information content (AvgIpc) is 2.83. The summed E-state index contributed by atoms with van der Waals surface area (Å²) in [5.74, 6) is 0. The van der Waals surface area contributed by atoms with Crippen molar-refractivity contribution in [2.24, 2.45) is 0 Å². The van der Waals surface area contributed by atoms with Gasteiger partial charge in [-0.1, -0.05) is 23.7 Å². The minimum atomic E-state index is -3.63. The van der Waals surface area contributed by atoms with E-state index in [1.807, 2.05) is 0 Å². The van der Waals surface area contributed by atoms with Crippen LogP contribution in [0.4, 0.5) is 0 Å². The van der Waals surface area contributed by atoms with Gasteiger partial charge in [-0.15, -0.1) is 11.3 Å². The van der Waals surface area contributed by atoms with Crippen LogP contribution in [-0.2, 0) is 23.2 Å². The number of nitrogens with zero attached hydrogens (tertiary/aromatic N) is 1. The number of aliphatic hydroxyl groups excluding tert-OH is 1. The number of aryl methyl sites for hydroxylation is 1. The summed E-state index contributed by atoms with van der Waals surface area (Å²) in [7, 11) is -2.10. The van der Waals surface area contributed by atoms with E-state index in [0.29, 0.717) is 15.5 Å². The molecule has 0 spiro atoms. The molecule has 0 fully saturated rings. The van der Waals surface area contributed by atoms with Crippen molar-refractivity contribution in [1.82, 2.24) is 4.31 Å². The Morgan fingerprint density at radius 1 is 1.29 bits per heavy atom. The Morgan fingerprint density at radius 2 is 1.90 bits per heavy atom. The Kier molecular flexibility index (Phi) is 5.06. The van der Waals surface area contributed by atoms with Crippen LogP contribution in [0.3, 0.4) is 0 Å². The van der Waals surface area contributed by atoms with Gasteiger partial charge in [-0.3, -0.25) is 0 Å². The maximum Gasteiger partial charge on any atom is 0.244 e. The van der Waals surface area contributed by atoms with E-state index in [0.717, 1.165) is 5.56 Å². The van der Waals surface area contributed by atoms with Crippen molar-refractivity contribution in [1.29, 1.82) is 0 Å². The van der Waals surface area contributed by atoms with Crippen LogP contribution >= 0.6 is 22.9 Å². The number of halogens is 1. The highest BCUT2D eigenvalue weighted by molar-refractivity contribution is 7.89. The number of rotatable bonds is 5. The molecule has 0 saturated carbocycles. The average molecular weight is 346 g/mol. The van der Waals surface area contributed by atoms with E-state index < -0.39 is 10.0 Å². The first-order chi connectivity index (χ1) is 9.86. The molecule has 0 aliphatic rings. The zero-order valence-electron chi connectivity index (χ0n) is 11.7. The molecule has 0 atom stereocenters. The molecule has 0 saturated heterocycles. The van der Waals surface area contributed by atoms with Crippen molar-refractivity contribution in [3.8, 4) is 0 Å². The van der Waals surface area contributed by atoms with E-state index in [9.17, 15) is 13.5 Å². The predicted octanol–water partition coefficient (Wildman–Crippen LogP) is 3.02. The zero-order valence-corrected chi connectivity index (χ0v) is 14.1. The number of sulfonamides is 1. The number of benzene rings is 1. The summed E-state index contributed by atoms with van der Waals surface area (Å²) in [6.45, 7) is 1.71. The number of hydrogen-bond acceptors (Lipinski definition) is 4. The van der Waals surface area contributed by atoms with E-state index in [-0.39, 0.29) is 18.0 Å². The Labute approximate surface area is 133 Å². The fourth-order valence-corrected chi connectivity index (χ4v) is 4.92. The van der Waals surface area contributed by atoms with Crippen molar-refractivity contribution in [3.05, 3.63) is 50.7 Å². The van der Waals surface area contributed by atoms with Crippen LogP contribution in [0.5, 0.6) is 0 Å². The van der Waals surface area contributed by atoms with Crippen LogP contribution in [-0.4, -0.2) is 24.9 Å². The fraction of sp³-hybridized carbons (Fsp3) is 0.286. The van der Waals surface area contributed by atoms with Crippen LogP contribution in [0.2, 0.25) is 5.02 Å². The van der Waals surface area contributed by atoms with Crippen LogP contribution in [0.1, 0.15) is 16.0 Å². The van der Waals surface area contributed by atoms with E-state index in [4.69, 9.17) is 11.6 Å². The highest BCUT2D eigenvalue weighted by Crippen LogP contribution is 2.29. The van der Waals surface area contributed by atoms with E-state index >= 15 is 0 Å². The van der Waals surface area contributed by atoms with E-state index in [1.165, 1.54) is 22.7 Å². The Morgan fingerprint density at radius 3 is 2.48 bits per heavy atom. The summed E-state index contributed by atoms with van der Waals surface area (Å²) in [6.07, 6.45) is 0. The van der Waals surface area contributed by atoms with Crippen molar-refractivity contribution >= 4 is 33.0 Å². The molecule has 4 nitrogen and oxygen atoms in total. The highest BCUT2D eigenvalue weighted by atomic mass is 35.5. The van der Waals surface area contributed by atoms with Gasteiger partial charge >= 0.3 is 0 Å². The summed E-state index contributed by atoms with van der Waals surface area (Å²) in [4.78, 5) is 0.682. The molecule has 1 aromatic carbocycles. The molecule has 2 rings (SSSR count). The third-order valence-corrected chi connectivity index (χ3v) is 6.62. The first-order valence-electron chi connectivity index (χ1n) is 6.25. The van der Waals surface area contributed by atoms with Gasteiger partial charge in [0.1, 0.15) is 4.90 Å². The third kappa shape index (κ3) is 3.46. The molecule has 1 N–H and O–H groups in total. The molecule has 0 amide bonds. The molecule has 0 unspecified atom stereocenters. The van der Waals surface area contributed by atoms with Gasteiger partial charge in [-0.2, -0.15) is 4.31 Å². The van der Waals surface area contributed by atoms with Crippen LogP contribution in [0, 0.1) is 6.92 Å². The lowest BCUT2D eigenvalue weighted by atomic mass is 10.2. The van der Waals surface area contributed by atoms with Crippen molar-refractivity contribution in [2.75, 3.05) is 7.05 Å². The minimum Gasteiger partial charge on any atom is -0.391 e. The van der Waals surface area contributed by atoms with Gasteiger partial charge in [-0.05, 0) is 35.6 Å². The molecule has 2 aromatic rings. The molecule has 0 aliphatic carbocycles. The molecular weight excluding hydrogens is 330 g/mol. The first-order valence-corrected chi connectivity index (χ1v) is 8.94. The quantitative estimate of drug-likeness (QED) is 0.906. The SMILES string of the molecule is Cc1csc(CO)c1S(=O)(=O)N(C)Cc1ccc(Cl)cc1. The molecule has 1 heterocycles. The number of hydrogen-bond donors (Lipinski definition) is 1. The van der Waals surface area contributed by atoms with Gasteiger partial charge in [0.2, 0.25) is 10.0 Å². The molecule has 21 heavy (non-hydrogen) atoms. The lowest BCUT2D eigenvalue weighted by Crippen LogP contribution is -2.27. The standard InChI is InChI=1S/C14H16ClNO3S2/c1-10-9-20-13(8-17)14(10)21(18,19)16(2)7-11-3-5-12(15)6-4-11/h3-6,9,17H,7-8H2,1-2H3. The zero-order chi connectivity index (χ0) is 15.6. The van der Waals surface area contributed by atoms with Gasteiger partial charge in [0.25, 0.3) is 0 Å². The van der Waals surface area contributed by atoms with E-state index in [1.54, 1.807) is 36.6 Å². The minimum absolute atomic E-state index is 0.214. The van der Waals surface area contributed by atoms with Gasteiger partial charge < -0.3 is 5.11 Å². The van der Waals surface area contributed by atoms with Crippen molar-refractivity contribution in [3.63, 3.8) is 0 Å². The topological polar surface area (TPSA) is 57.6 Å². The second-order valence-corrected chi connectivity index (χ2v) is 8.10. The second-order valence-electron chi connectivity index (χ2n) is 4.72. The summed E-state index contributed by atoms with van der Waals surface area (Å²) in [5, 5.41) is 11.7. The normalized spacial score (nSPS) is 12.0. The van der Waals surface area contributed by atoms with Gasteiger partial charge in [-0.25, -0.2) is 8.42 Å². The molecule has 1 aromatic heterocycles. The van der Waals surface area contributed by atoms with Crippen molar-refractivity contribution < 1.29 is 13.5 Å². The lowest BCUT2D eigenvalue weighted by molar-refractivity contribution is 0.282. The second kappa shape index (κ2) is 6.46. The molecule has 0 aliphatic heterocycles. The molecular formula is C14H16ClNO3S2. The molecule has 7 heteroatoms.